The average Bonchev–Trinajstić information content (AvgIpc) is 2.98. The molecule has 1 amide bonds. The topological polar surface area (TPSA) is 79.8 Å². The van der Waals surface area contributed by atoms with Crippen LogP contribution >= 0.6 is 0 Å². The number of carbonyl (C=O) groups is 1. The third-order valence-electron chi connectivity index (χ3n) is 7.53. The minimum Gasteiger partial charge on any atom is -0.438 e. The molecule has 3 aromatic carbocycles. The Morgan fingerprint density at radius 2 is 1.71 bits per heavy atom. The fraction of sp³-hybridized carbons (Fsp3) is 0.344. The number of morpholine rings is 1. The minimum absolute atomic E-state index is 0.0855. The highest BCUT2D eigenvalue weighted by Gasteiger charge is 2.24. The third kappa shape index (κ3) is 6.10. The zero-order valence-corrected chi connectivity index (χ0v) is 23.3. The molecular formula is C32H34FN5O3. The molecule has 6 rings (SSSR count). The molecule has 1 aromatic heterocycles. The van der Waals surface area contributed by atoms with Gasteiger partial charge in [-0.25, -0.2) is 9.37 Å². The summed E-state index contributed by atoms with van der Waals surface area (Å²) in [5.41, 5.74) is 1.64. The van der Waals surface area contributed by atoms with E-state index in [2.05, 4.69) is 25.1 Å². The molecule has 2 unspecified atom stereocenters. The number of fused-ring (bicyclic) bond motifs is 1. The summed E-state index contributed by atoms with van der Waals surface area (Å²) >= 11 is 0. The van der Waals surface area contributed by atoms with Gasteiger partial charge >= 0.3 is 0 Å². The van der Waals surface area contributed by atoms with E-state index >= 15 is 0 Å². The summed E-state index contributed by atoms with van der Waals surface area (Å²) in [6.07, 6.45) is 5.18. The molecule has 212 valence electrons. The van der Waals surface area contributed by atoms with Gasteiger partial charge in [0, 0.05) is 66.2 Å². The number of anilines is 3. The van der Waals surface area contributed by atoms with E-state index in [9.17, 15) is 9.18 Å². The van der Waals surface area contributed by atoms with Crippen LogP contribution < -0.4 is 19.9 Å². The Labute approximate surface area is 239 Å². The molecular weight excluding hydrogens is 521 g/mol. The molecule has 2 aliphatic heterocycles. The smallest absolute Gasteiger partial charge is 0.255 e. The van der Waals surface area contributed by atoms with Crippen LogP contribution in [0.4, 0.5) is 21.7 Å². The molecule has 2 saturated heterocycles. The highest BCUT2D eigenvalue weighted by molar-refractivity contribution is 6.10. The van der Waals surface area contributed by atoms with Crippen molar-refractivity contribution < 1.29 is 18.7 Å². The van der Waals surface area contributed by atoms with Crippen molar-refractivity contribution in [3.63, 3.8) is 0 Å². The number of rotatable bonds is 6. The van der Waals surface area contributed by atoms with Gasteiger partial charge in [-0.2, -0.15) is 4.98 Å². The SMILES string of the molecule is CC1CN(c2nccc(Oc3ccc(NC(=O)c4cc(F)cc(N5CCCCC5)c4)c4ccccc34)n2)CC(C)O1. The molecule has 0 spiro atoms. The van der Waals surface area contributed by atoms with Crippen LogP contribution in [-0.2, 0) is 4.74 Å². The van der Waals surface area contributed by atoms with E-state index in [1.165, 1.54) is 18.6 Å². The van der Waals surface area contributed by atoms with Crippen molar-refractivity contribution in [3.8, 4) is 11.6 Å². The van der Waals surface area contributed by atoms with E-state index < -0.39 is 5.82 Å². The van der Waals surface area contributed by atoms with E-state index in [-0.39, 0.29) is 23.7 Å². The van der Waals surface area contributed by atoms with E-state index in [0.717, 1.165) is 42.4 Å². The molecule has 9 heteroatoms. The van der Waals surface area contributed by atoms with Gasteiger partial charge in [-0.15, -0.1) is 0 Å². The van der Waals surface area contributed by atoms with Crippen LogP contribution in [0.1, 0.15) is 43.5 Å². The van der Waals surface area contributed by atoms with Gasteiger partial charge in [0.15, 0.2) is 0 Å². The highest BCUT2D eigenvalue weighted by atomic mass is 19.1. The average molecular weight is 556 g/mol. The van der Waals surface area contributed by atoms with Gasteiger partial charge in [0.05, 0.1) is 12.2 Å². The van der Waals surface area contributed by atoms with Crippen LogP contribution in [0.3, 0.4) is 0 Å². The second-order valence-electron chi connectivity index (χ2n) is 10.8. The van der Waals surface area contributed by atoms with E-state index in [1.807, 2.05) is 44.2 Å². The summed E-state index contributed by atoms with van der Waals surface area (Å²) in [6.45, 7) is 7.23. The predicted molar refractivity (Wildman–Crippen MR) is 159 cm³/mol. The first-order valence-corrected chi connectivity index (χ1v) is 14.2. The predicted octanol–water partition coefficient (Wildman–Crippen LogP) is 6.42. The number of hydrogen-bond donors (Lipinski definition) is 1. The largest absolute Gasteiger partial charge is 0.438 e. The Bertz CT molecular complexity index is 1550. The number of nitrogens with zero attached hydrogens (tertiary/aromatic N) is 4. The molecule has 2 fully saturated rings. The number of ether oxygens (including phenoxy) is 2. The van der Waals surface area contributed by atoms with Gasteiger partial charge in [-0.3, -0.25) is 4.79 Å². The van der Waals surface area contributed by atoms with Gasteiger partial charge in [-0.05, 0) is 63.4 Å². The number of nitrogens with one attached hydrogen (secondary N) is 1. The quantitative estimate of drug-likeness (QED) is 0.294. The summed E-state index contributed by atoms with van der Waals surface area (Å²) in [7, 11) is 0. The van der Waals surface area contributed by atoms with Gasteiger partial charge in [0.1, 0.15) is 11.6 Å². The van der Waals surface area contributed by atoms with Crippen LogP contribution in [0.15, 0.2) is 66.9 Å². The van der Waals surface area contributed by atoms with Crippen LogP contribution in [0.2, 0.25) is 0 Å². The number of carbonyl (C=O) groups excluding carboxylic acids is 1. The molecule has 1 N–H and O–H groups in total. The van der Waals surface area contributed by atoms with Crippen LogP contribution in [0, 0.1) is 5.82 Å². The van der Waals surface area contributed by atoms with E-state index in [1.54, 1.807) is 24.4 Å². The summed E-state index contributed by atoms with van der Waals surface area (Å²) in [4.78, 5) is 26.7. The van der Waals surface area contributed by atoms with Crippen LogP contribution in [0.5, 0.6) is 11.6 Å². The Hall–Kier alpha value is -4.24. The molecule has 0 saturated carbocycles. The van der Waals surface area contributed by atoms with Gasteiger partial charge in [0.2, 0.25) is 11.8 Å². The molecule has 3 heterocycles. The maximum Gasteiger partial charge on any atom is 0.255 e. The van der Waals surface area contributed by atoms with Crippen molar-refractivity contribution in [2.45, 2.75) is 45.3 Å². The zero-order valence-electron chi connectivity index (χ0n) is 23.3. The first-order chi connectivity index (χ1) is 19.9. The Balaban J connectivity index is 1.24. The summed E-state index contributed by atoms with van der Waals surface area (Å²) < 4.78 is 26.6. The molecule has 41 heavy (non-hydrogen) atoms. The maximum absolute atomic E-state index is 14.5. The Morgan fingerprint density at radius 3 is 2.49 bits per heavy atom. The number of aromatic nitrogens is 2. The highest BCUT2D eigenvalue weighted by Crippen LogP contribution is 2.35. The van der Waals surface area contributed by atoms with E-state index in [4.69, 9.17) is 9.47 Å². The standard InChI is InChI=1S/C32H34FN5O3/c1-21-19-38(20-22(2)40-21)32-34-13-12-30(36-32)41-29-11-10-28(26-8-4-5-9-27(26)29)35-31(39)23-16-24(33)18-25(17-23)37-14-6-3-7-15-37/h4-5,8-13,16-18,21-22H,3,6-7,14-15,19-20H2,1-2H3,(H,35,39). The second kappa shape index (κ2) is 11.7. The number of piperidine rings is 1. The lowest BCUT2D eigenvalue weighted by Crippen LogP contribution is -2.46. The summed E-state index contributed by atoms with van der Waals surface area (Å²) in [5.74, 6) is 0.837. The lowest BCUT2D eigenvalue weighted by molar-refractivity contribution is -0.00575. The number of hydrogen-bond acceptors (Lipinski definition) is 7. The van der Waals surface area contributed by atoms with Gasteiger partial charge in [0.25, 0.3) is 5.91 Å². The molecule has 2 atom stereocenters. The lowest BCUT2D eigenvalue weighted by Gasteiger charge is -2.35. The third-order valence-corrected chi connectivity index (χ3v) is 7.53. The molecule has 8 nitrogen and oxygen atoms in total. The fourth-order valence-electron chi connectivity index (χ4n) is 5.70. The molecule has 4 aromatic rings. The Morgan fingerprint density at radius 1 is 0.951 bits per heavy atom. The second-order valence-corrected chi connectivity index (χ2v) is 10.8. The number of halogens is 1. The summed E-state index contributed by atoms with van der Waals surface area (Å²) in [5, 5.41) is 4.60. The van der Waals surface area contributed by atoms with Crippen molar-refractivity contribution in [3.05, 3.63) is 78.2 Å². The molecule has 0 radical (unpaired) electrons. The molecule has 2 aliphatic rings. The van der Waals surface area contributed by atoms with Crippen molar-refractivity contribution in [2.75, 3.05) is 41.3 Å². The lowest BCUT2D eigenvalue weighted by atomic mass is 10.1. The number of amides is 1. The monoisotopic (exact) mass is 555 g/mol. The molecule has 0 aliphatic carbocycles. The summed E-state index contributed by atoms with van der Waals surface area (Å²) in [6, 6.07) is 17.6. The fourth-order valence-corrected chi connectivity index (χ4v) is 5.70. The Kier molecular flexibility index (Phi) is 7.69. The normalized spacial score (nSPS) is 19.3. The zero-order chi connectivity index (χ0) is 28.3. The van der Waals surface area contributed by atoms with Crippen molar-refractivity contribution in [1.82, 2.24) is 9.97 Å². The van der Waals surface area contributed by atoms with E-state index in [0.29, 0.717) is 36.4 Å². The minimum atomic E-state index is -0.419. The van der Waals surface area contributed by atoms with Crippen molar-refractivity contribution >= 4 is 34.0 Å². The first kappa shape index (κ1) is 27.0. The van der Waals surface area contributed by atoms with Gasteiger partial charge < -0.3 is 24.6 Å². The number of benzene rings is 3. The first-order valence-electron chi connectivity index (χ1n) is 14.2. The van der Waals surface area contributed by atoms with Crippen molar-refractivity contribution in [1.29, 1.82) is 0 Å². The van der Waals surface area contributed by atoms with Gasteiger partial charge in [-0.1, -0.05) is 24.3 Å². The van der Waals surface area contributed by atoms with Crippen LogP contribution in [-0.4, -0.2) is 54.3 Å². The van der Waals surface area contributed by atoms with Crippen molar-refractivity contribution in [2.24, 2.45) is 0 Å². The maximum atomic E-state index is 14.5. The van der Waals surface area contributed by atoms with Crippen LogP contribution in [0.25, 0.3) is 10.8 Å². The molecule has 0 bridgehead atoms.